The molecular formula is C21H13Cl2FN4O2S. The summed E-state index contributed by atoms with van der Waals surface area (Å²) in [5, 5.41) is 14.3. The van der Waals surface area contributed by atoms with E-state index in [9.17, 15) is 19.2 Å². The minimum Gasteiger partial charge on any atom is -0.320 e. The van der Waals surface area contributed by atoms with E-state index in [2.05, 4.69) is 10.3 Å². The number of thiazole rings is 1. The van der Waals surface area contributed by atoms with E-state index in [-0.39, 0.29) is 32.8 Å². The molecule has 1 aromatic heterocycles. The van der Waals surface area contributed by atoms with Gasteiger partial charge in [-0.2, -0.15) is 5.26 Å². The lowest BCUT2D eigenvalue weighted by Crippen LogP contribution is -2.23. The van der Waals surface area contributed by atoms with Gasteiger partial charge in [-0.15, -0.1) is 11.3 Å². The van der Waals surface area contributed by atoms with Crippen LogP contribution >= 0.6 is 34.5 Å². The standard InChI is InChI=1S/C21H13Cl2FN4O2S/c1-12(29)28(19-5-3-2-4-17(19)24)21-26-15(11-31-21)8-13(10-25)20(30)27-18-9-14(22)6-7-16(18)23/h2-9,11H,1H3,(H,27,30)/b13-8+. The highest BCUT2D eigenvalue weighted by Gasteiger charge is 2.21. The lowest BCUT2D eigenvalue weighted by molar-refractivity contribution is -0.116. The van der Waals surface area contributed by atoms with Crippen LogP contribution in [0.5, 0.6) is 0 Å². The Balaban J connectivity index is 1.88. The summed E-state index contributed by atoms with van der Waals surface area (Å²) < 4.78 is 14.2. The van der Waals surface area contributed by atoms with Gasteiger partial charge < -0.3 is 5.32 Å². The zero-order chi connectivity index (χ0) is 22.5. The first-order chi connectivity index (χ1) is 14.8. The van der Waals surface area contributed by atoms with Gasteiger partial charge >= 0.3 is 0 Å². The van der Waals surface area contributed by atoms with E-state index < -0.39 is 17.6 Å². The number of halogens is 3. The van der Waals surface area contributed by atoms with Crippen LogP contribution in [-0.4, -0.2) is 16.8 Å². The van der Waals surface area contributed by atoms with E-state index in [0.717, 1.165) is 16.2 Å². The average molecular weight is 475 g/mol. The van der Waals surface area contributed by atoms with Crippen LogP contribution in [-0.2, 0) is 9.59 Å². The molecule has 6 nitrogen and oxygen atoms in total. The molecule has 0 atom stereocenters. The zero-order valence-corrected chi connectivity index (χ0v) is 18.2. The Hall–Kier alpha value is -3.25. The molecule has 0 aliphatic heterocycles. The molecule has 0 aliphatic rings. The predicted octanol–water partition coefficient (Wildman–Crippen LogP) is 5.82. The molecule has 3 rings (SSSR count). The van der Waals surface area contributed by atoms with Crippen molar-refractivity contribution in [3.05, 3.63) is 75.0 Å². The summed E-state index contributed by atoms with van der Waals surface area (Å²) >= 11 is 13.0. The Morgan fingerprint density at radius 3 is 2.68 bits per heavy atom. The Kier molecular flexibility index (Phi) is 7.02. The first-order valence-corrected chi connectivity index (χ1v) is 10.3. The van der Waals surface area contributed by atoms with Crippen LogP contribution < -0.4 is 10.2 Å². The number of amides is 2. The summed E-state index contributed by atoms with van der Waals surface area (Å²) in [6.07, 6.45) is 1.26. The van der Waals surface area contributed by atoms with Gasteiger partial charge in [-0.05, 0) is 36.4 Å². The molecule has 2 aromatic carbocycles. The molecule has 156 valence electrons. The molecule has 1 N–H and O–H groups in total. The van der Waals surface area contributed by atoms with Crippen molar-refractivity contribution in [2.24, 2.45) is 0 Å². The first-order valence-electron chi connectivity index (χ1n) is 8.69. The number of hydrogen-bond donors (Lipinski definition) is 1. The summed E-state index contributed by atoms with van der Waals surface area (Å²) in [5.41, 5.74) is 0.315. The van der Waals surface area contributed by atoms with Crippen molar-refractivity contribution in [1.29, 1.82) is 5.26 Å². The number of carbonyl (C=O) groups is 2. The van der Waals surface area contributed by atoms with E-state index in [1.54, 1.807) is 23.6 Å². The third kappa shape index (κ3) is 5.27. The van der Waals surface area contributed by atoms with Crippen molar-refractivity contribution >= 4 is 68.9 Å². The van der Waals surface area contributed by atoms with E-state index in [0.29, 0.717) is 5.02 Å². The topological polar surface area (TPSA) is 86.1 Å². The van der Waals surface area contributed by atoms with Gasteiger partial charge in [0.15, 0.2) is 5.13 Å². The fraction of sp³-hybridized carbons (Fsp3) is 0.0476. The average Bonchev–Trinajstić information content (AvgIpc) is 3.18. The maximum Gasteiger partial charge on any atom is 0.266 e. The van der Waals surface area contributed by atoms with Crippen molar-refractivity contribution in [3.63, 3.8) is 0 Å². The van der Waals surface area contributed by atoms with Crippen LogP contribution in [0.25, 0.3) is 6.08 Å². The molecule has 1 heterocycles. The molecule has 0 saturated carbocycles. The number of aromatic nitrogens is 1. The van der Waals surface area contributed by atoms with Crippen LogP contribution in [0.15, 0.2) is 53.4 Å². The normalized spacial score (nSPS) is 11.0. The number of rotatable bonds is 5. The molecule has 31 heavy (non-hydrogen) atoms. The third-order valence-electron chi connectivity index (χ3n) is 3.94. The van der Waals surface area contributed by atoms with Gasteiger partial charge in [0, 0.05) is 17.3 Å². The number of carbonyl (C=O) groups excluding carboxylic acids is 2. The van der Waals surface area contributed by atoms with Crippen LogP contribution in [0, 0.1) is 17.1 Å². The summed E-state index contributed by atoms with van der Waals surface area (Å²) in [5.74, 6) is -1.73. The smallest absolute Gasteiger partial charge is 0.266 e. The van der Waals surface area contributed by atoms with E-state index in [1.165, 1.54) is 43.3 Å². The largest absolute Gasteiger partial charge is 0.320 e. The van der Waals surface area contributed by atoms with Gasteiger partial charge in [0.1, 0.15) is 17.5 Å². The molecular weight excluding hydrogens is 462 g/mol. The quantitative estimate of drug-likeness (QED) is 0.372. The Labute approximate surface area is 191 Å². The summed E-state index contributed by atoms with van der Waals surface area (Å²) in [6, 6.07) is 12.1. The van der Waals surface area contributed by atoms with Gasteiger partial charge in [0.25, 0.3) is 5.91 Å². The molecule has 0 fully saturated rings. The van der Waals surface area contributed by atoms with Crippen LogP contribution in [0.3, 0.4) is 0 Å². The second-order valence-corrected chi connectivity index (χ2v) is 7.79. The maximum atomic E-state index is 14.2. The minimum absolute atomic E-state index is 0.0497. The zero-order valence-electron chi connectivity index (χ0n) is 15.9. The van der Waals surface area contributed by atoms with Crippen LogP contribution in [0.4, 0.5) is 20.9 Å². The van der Waals surface area contributed by atoms with Crippen molar-refractivity contribution in [3.8, 4) is 6.07 Å². The van der Waals surface area contributed by atoms with Gasteiger partial charge in [0.2, 0.25) is 5.91 Å². The molecule has 0 aliphatic carbocycles. The van der Waals surface area contributed by atoms with Gasteiger partial charge in [-0.25, -0.2) is 9.37 Å². The highest BCUT2D eigenvalue weighted by Crippen LogP contribution is 2.31. The second-order valence-electron chi connectivity index (χ2n) is 6.11. The van der Waals surface area contributed by atoms with Gasteiger partial charge in [-0.3, -0.25) is 14.5 Å². The SMILES string of the molecule is CC(=O)N(c1nc(/C=C(\C#N)C(=O)Nc2cc(Cl)ccc2Cl)cs1)c1ccccc1F. The molecule has 0 radical (unpaired) electrons. The Bertz CT molecular complexity index is 1240. The highest BCUT2D eigenvalue weighted by molar-refractivity contribution is 7.14. The van der Waals surface area contributed by atoms with Gasteiger partial charge in [0.05, 0.1) is 22.1 Å². The summed E-state index contributed by atoms with van der Waals surface area (Å²) in [4.78, 5) is 30.0. The fourth-order valence-corrected chi connectivity index (χ4v) is 3.74. The van der Waals surface area contributed by atoms with Crippen LogP contribution in [0.1, 0.15) is 12.6 Å². The van der Waals surface area contributed by atoms with Crippen molar-refractivity contribution in [2.45, 2.75) is 6.92 Å². The van der Waals surface area contributed by atoms with E-state index in [1.807, 2.05) is 0 Å². The number of nitrogens with zero attached hydrogens (tertiary/aromatic N) is 3. The molecule has 3 aromatic rings. The monoisotopic (exact) mass is 474 g/mol. The lowest BCUT2D eigenvalue weighted by Gasteiger charge is -2.18. The number of nitriles is 1. The molecule has 10 heteroatoms. The molecule has 2 amide bonds. The number of benzene rings is 2. The van der Waals surface area contributed by atoms with E-state index >= 15 is 0 Å². The first kappa shape index (κ1) is 22.4. The maximum absolute atomic E-state index is 14.2. The third-order valence-corrected chi connectivity index (χ3v) is 5.35. The molecule has 0 saturated heterocycles. The number of nitrogens with one attached hydrogen (secondary N) is 1. The van der Waals surface area contributed by atoms with Crippen LogP contribution in [0.2, 0.25) is 10.0 Å². The minimum atomic E-state index is -0.709. The number of para-hydroxylation sites is 1. The molecule has 0 bridgehead atoms. The summed E-state index contributed by atoms with van der Waals surface area (Å²) in [7, 11) is 0. The Morgan fingerprint density at radius 2 is 2.00 bits per heavy atom. The molecule has 0 unspecified atom stereocenters. The van der Waals surface area contributed by atoms with E-state index in [4.69, 9.17) is 23.2 Å². The number of anilines is 3. The van der Waals surface area contributed by atoms with Crippen molar-refractivity contribution in [1.82, 2.24) is 4.98 Å². The van der Waals surface area contributed by atoms with Crippen molar-refractivity contribution < 1.29 is 14.0 Å². The summed E-state index contributed by atoms with van der Waals surface area (Å²) in [6.45, 7) is 1.28. The van der Waals surface area contributed by atoms with Crippen molar-refractivity contribution in [2.75, 3.05) is 10.2 Å². The lowest BCUT2D eigenvalue weighted by atomic mass is 10.2. The molecule has 0 spiro atoms. The second kappa shape index (κ2) is 9.71. The fourth-order valence-electron chi connectivity index (χ4n) is 2.57. The number of hydrogen-bond acceptors (Lipinski definition) is 5. The van der Waals surface area contributed by atoms with Gasteiger partial charge in [-0.1, -0.05) is 35.3 Å². The Morgan fingerprint density at radius 1 is 1.26 bits per heavy atom. The highest BCUT2D eigenvalue weighted by atomic mass is 35.5. The predicted molar refractivity (Wildman–Crippen MR) is 120 cm³/mol.